The van der Waals surface area contributed by atoms with Gasteiger partial charge in [0.25, 0.3) is 0 Å². The van der Waals surface area contributed by atoms with Crippen LogP contribution in [0.2, 0.25) is 0 Å². The molecule has 0 radical (unpaired) electrons. The topological polar surface area (TPSA) is 46.6 Å². The van der Waals surface area contributed by atoms with Crippen LogP contribution in [0.1, 0.15) is 5.56 Å². The Bertz CT molecular complexity index is 586. The van der Waals surface area contributed by atoms with Crippen molar-refractivity contribution in [2.24, 2.45) is 0 Å². The number of morpholine rings is 1. The van der Waals surface area contributed by atoms with Crippen molar-refractivity contribution in [3.8, 4) is 0 Å². The predicted octanol–water partition coefficient (Wildman–Crippen LogP) is 1.15. The Morgan fingerprint density at radius 2 is 1.89 bits per heavy atom. The Labute approximate surface area is 107 Å². The highest BCUT2D eigenvalue weighted by atomic mass is 32.2. The molecule has 5 heteroatoms. The lowest BCUT2D eigenvalue weighted by Gasteiger charge is -2.26. The molecule has 0 atom stereocenters. The van der Waals surface area contributed by atoms with Crippen molar-refractivity contribution in [2.75, 3.05) is 32.8 Å². The van der Waals surface area contributed by atoms with Crippen molar-refractivity contribution in [1.82, 2.24) is 4.90 Å². The molecule has 0 spiro atoms. The maximum atomic E-state index is 12.0. The van der Waals surface area contributed by atoms with E-state index in [2.05, 4.69) is 4.90 Å². The van der Waals surface area contributed by atoms with Crippen LogP contribution in [0.25, 0.3) is 5.57 Å². The molecule has 1 saturated heterocycles. The summed E-state index contributed by atoms with van der Waals surface area (Å²) in [5.74, 6) is 0. The minimum Gasteiger partial charge on any atom is -0.379 e. The van der Waals surface area contributed by atoms with E-state index in [0.717, 1.165) is 37.4 Å². The fourth-order valence-corrected chi connectivity index (χ4v) is 3.89. The number of ether oxygens (including phenoxy) is 1. The van der Waals surface area contributed by atoms with Gasteiger partial charge in [0.2, 0.25) is 9.84 Å². The minimum atomic E-state index is -3.23. The van der Waals surface area contributed by atoms with Gasteiger partial charge in [-0.3, -0.25) is 4.90 Å². The molecule has 0 bridgehead atoms. The summed E-state index contributed by atoms with van der Waals surface area (Å²) in [6, 6.07) is 7.20. The van der Waals surface area contributed by atoms with Crippen molar-refractivity contribution in [3.05, 3.63) is 35.2 Å². The summed E-state index contributed by atoms with van der Waals surface area (Å²) >= 11 is 0. The molecule has 1 aromatic carbocycles. The van der Waals surface area contributed by atoms with Crippen LogP contribution in [0.3, 0.4) is 0 Å². The van der Waals surface area contributed by atoms with Gasteiger partial charge in [0.1, 0.15) is 0 Å². The second kappa shape index (κ2) is 4.50. The summed E-state index contributed by atoms with van der Waals surface area (Å²) in [6.45, 7) is 3.85. The van der Waals surface area contributed by atoms with Gasteiger partial charge in [-0.15, -0.1) is 0 Å². The molecule has 96 valence electrons. The highest BCUT2D eigenvalue weighted by molar-refractivity contribution is 7.95. The van der Waals surface area contributed by atoms with Gasteiger partial charge in [-0.1, -0.05) is 18.2 Å². The van der Waals surface area contributed by atoms with E-state index in [0.29, 0.717) is 11.4 Å². The zero-order valence-corrected chi connectivity index (χ0v) is 10.8. The number of nitrogens with zero attached hydrogens (tertiary/aromatic N) is 1. The zero-order valence-electron chi connectivity index (χ0n) is 10.0. The van der Waals surface area contributed by atoms with Gasteiger partial charge in [-0.2, -0.15) is 0 Å². The smallest absolute Gasteiger partial charge is 0.200 e. The van der Waals surface area contributed by atoms with Crippen LogP contribution in [0.4, 0.5) is 0 Å². The standard InChI is InChI=1S/C13H15NO3S/c15-18(16)10-11(9-14-5-7-17-8-6-14)12-3-1-2-4-13(12)18/h1-4,10H,5-9H2. The summed E-state index contributed by atoms with van der Waals surface area (Å²) < 4.78 is 29.3. The van der Waals surface area contributed by atoms with Crippen LogP contribution in [0.15, 0.2) is 34.6 Å². The molecule has 4 nitrogen and oxygen atoms in total. The lowest BCUT2D eigenvalue weighted by Crippen LogP contribution is -2.37. The van der Waals surface area contributed by atoms with E-state index in [1.807, 2.05) is 12.1 Å². The van der Waals surface area contributed by atoms with Crippen molar-refractivity contribution >= 4 is 15.4 Å². The monoisotopic (exact) mass is 265 g/mol. The Morgan fingerprint density at radius 3 is 2.67 bits per heavy atom. The Balaban J connectivity index is 1.89. The fraction of sp³-hybridized carbons (Fsp3) is 0.385. The van der Waals surface area contributed by atoms with E-state index in [9.17, 15) is 8.42 Å². The third-order valence-corrected chi connectivity index (χ3v) is 4.90. The molecule has 0 unspecified atom stereocenters. The van der Waals surface area contributed by atoms with E-state index in [4.69, 9.17) is 4.74 Å². The quantitative estimate of drug-likeness (QED) is 0.804. The van der Waals surface area contributed by atoms with Gasteiger partial charge in [-0.25, -0.2) is 8.42 Å². The summed E-state index contributed by atoms with van der Waals surface area (Å²) in [6.07, 6.45) is 0. The number of rotatable bonds is 2. The molecular weight excluding hydrogens is 250 g/mol. The summed E-state index contributed by atoms with van der Waals surface area (Å²) in [7, 11) is -3.23. The number of hydrogen-bond donors (Lipinski definition) is 0. The summed E-state index contributed by atoms with van der Waals surface area (Å²) in [4.78, 5) is 2.67. The number of benzene rings is 1. The lowest BCUT2D eigenvalue weighted by molar-refractivity contribution is 0.0444. The molecule has 2 heterocycles. The summed E-state index contributed by atoms with van der Waals surface area (Å²) in [5, 5.41) is 1.41. The van der Waals surface area contributed by atoms with Crippen molar-refractivity contribution in [1.29, 1.82) is 0 Å². The molecule has 2 aliphatic heterocycles. The molecule has 18 heavy (non-hydrogen) atoms. The Morgan fingerprint density at radius 1 is 1.17 bits per heavy atom. The van der Waals surface area contributed by atoms with Crippen LogP contribution in [0, 0.1) is 0 Å². The van der Waals surface area contributed by atoms with Crippen LogP contribution in [-0.4, -0.2) is 46.2 Å². The molecule has 0 aliphatic carbocycles. The van der Waals surface area contributed by atoms with Crippen LogP contribution in [0.5, 0.6) is 0 Å². The largest absolute Gasteiger partial charge is 0.379 e. The van der Waals surface area contributed by atoms with Gasteiger partial charge in [0.05, 0.1) is 18.1 Å². The molecule has 3 rings (SSSR count). The molecule has 2 aliphatic rings. The second-order valence-electron chi connectivity index (χ2n) is 4.57. The molecule has 1 fully saturated rings. The highest BCUT2D eigenvalue weighted by Gasteiger charge is 2.27. The van der Waals surface area contributed by atoms with Crippen LogP contribution in [-0.2, 0) is 14.6 Å². The van der Waals surface area contributed by atoms with Crippen LogP contribution < -0.4 is 0 Å². The molecule has 0 aromatic heterocycles. The predicted molar refractivity (Wildman–Crippen MR) is 68.9 cm³/mol. The van der Waals surface area contributed by atoms with Gasteiger partial charge in [0, 0.05) is 25.0 Å². The maximum Gasteiger partial charge on any atom is 0.200 e. The first-order valence-electron chi connectivity index (χ1n) is 6.02. The Hall–Kier alpha value is -1.17. The van der Waals surface area contributed by atoms with E-state index in [-0.39, 0.29) is 0 Å². The summed E-state index contributed by atoms with van der Waals surface area (Å²) in [5.41, 5.74) is 1.75. The molecular formula is C13H15NO3S. The fourth-order valence-electron chi connectivity index (χ4n) is 2.42. The number of hydrogen-bond acceptors (Lipinski definition) is 4. The minimum absolute atomic E-state index is 0.438. The first kappa shape index (κ1) is 11.9. The van der Waals surface area contributed by atoms with Crippen molar-refractivity contribution in [2.45, 2.75) is 4.90 Å². The van der Waals surface area contributed by atoms with Gasteiger partial charge < -0.3 is 4.74 Å². The molecule has 0 amide bonds. The number of fused-ring (bicyclic) bond motifs is 1. The first-order chi connectivity index (χ1) is 8.67. The second-order valence-corrected chi connectivity index (χ2v) is 6.34. The van der Waals surface area contributed by atoms with Crippen molar-refractivity contribution < 1.29 is 13.2 Å². The molecule has 0 saturated carbocycles. The molecule has 1 aromatic rings. The zero-order chi connectivity index (χ0) is 12.6. The van der Waals surface area contributed by atoms with E-state index < -0.39 is 9.84 Å². The maximum absolute atomic E-state index is 12.0. The van der Waals surface area contributed by atoms with Crippen molar-refractivity contribution in [3.63, 3.8) is 0 Å². The van der Waals surface area contributed by atoms with E-state index in [1.54, 1.807) is 12.1 Å². The third kappa shape index (κ3) is 2.09. The SMILES string of the molecule is O=S1(=O)C=C(CN2CCOCC2)c2ccccc21. The number of sulfone groups is 1. The van der Waals surface area contributed by atoms with Gasteiger partial charge in [0.15, 0.2) is 0 Å². The van der Waals surface area contributed by atoms with E-state index >= 15 is 0 Å². The molecule has 0 N–H and O–H groups in total. The first-order valence-corrected chi connectivity index (χ1v) is 7.57. The highest BCUT2D eigenvalue weighted by Crippen LogP contribution is 2.33. The van der Waals surface area contributed by atoms with Gasteiger partial charge in [-0.05, 0) is 17.2 Å². The lowest BCUT2D eigenvalue weighted by atomic mass is 10.1. The van der Waals surface area contributed by atoms with Crippen LogP contribution >= 0.6 is 0 Å². The average molecular weight is 265 g/mol. The van der Waals surface area contributed by atoms with E-state index in [1.165, 1.54) is 5.41 Å². The Kier molecular flexibility index (Phi) is 2.97. The third-order valence-electron chi connectivity index (χ3n) is 3.33. The average Bonchev–Trinajstić information content (AvgIpc) is 2.63. The normalized spacial score (nSPS) is 22.6. The van der Waals surface area contributed by atoms with Gasteiger partial charge >= 0.3 is 0 Å².